The van der Waals surface area contributed by atoms with E-state index in [1.54, 1.807) is 0 Å². The molecule has 0 radical (unpaired) electrons. The van der Waals surface area contributed by atoms with E-state index in [9.17, 15) is 9.59 Å². The Balaban J connectivity index is 1.54. The van der Waals surface area contributed by atoms with Crippen LogP contribution in [0.25, 0.3) is 0 Å². The van der Waals surface area contributed by atoms with Crippen molar-refractivity contribution < 1.29 is 9.59 Å². The SMILES string of the molecule is CC(C)C(=O)N1CCC(C(=O)NC2CCc3ccccc32)CC1. The molecule has 1 unspecified atom stereocenters. The standard InChI is InChI=1S/C19H26N2O2/c1-13(2)19(23)21-11-9-15(10-12-21)18(22)20-17-8-7-14-5-3-4-6-16(14)17/h3-6,13,15,17H,7-12H2,1-2H3,(H,20,22). The van der Waals surface area contributed by atoms with E-state index in [0.717, 1.165) is 25.7 Å². The molecule has 0 bridgehead atoms. The average Bonchev–Trinajstić information content (AvgIpc) is 2.97. The Morgan fingerprint density at radius 3 is 2.52 bits per heavy atom. The molecule has 2 amide bonds. The number of amides is 2. The lowest BCUT2D eigenvalue weighted by Gasteiger charge is -2.33. The maximum atomic E-state index is 12.6. The van der Waals surface area contributed by atoms with E-state index in [0.29, 0.717) is 13.1 Å². The molecule has 1 aliphatic heterocycles. The summed E-state index contributed by atoms with van der Waals surface area (Å²) >= 11 is 0. The molecular formula is C19H26N2O2. The maximum Gasteiger partial charge on any atom is 0.225 e. The molecular weight excluding hydrogens is 288 g/mol. The Morgan fingerprint density at radius 1 is 1.13 bits per heavy atom. The number of likely N-dealkylation sites (tertiary alicyclic amines) is 1. The van der Waals surface area contributed by atoms with Gasteiger partial charge in [0.2, 0.25) is 11.8 Å². The van der Waals surface area contributed by atoms with Crippen molar-refractivity contribution in [1.82, 2.24) is 10.2 Å². The molecule has 1 saturated heterocycles. The van der Waals surface area contributed by atoms with Crippen LogP contribution in [-0.2, 0) is 16.0 Å². The van der Waals surface area contributed by atoms with Gasteiger partial charge in [-0.25, -0.2) is 0 Å². The summed E-state index contributed by atoms with van der Waals surface area (Å²) in [6, 6.07) is 8.53. The number of carbonyl (C=O) groups excluding carboxylic acids is 2. The van der Waals surface area contributed by atoms with E-state index >= 15 is 0 Å². The highest BCUT2D eigenvalue weighted by Gasteiger charge is 2.30. The highest BCUT2D eigenvalue weighted by molar-refractivity contribution is 5.81. The summed E-state index contributed by atoms with van der Waals surface area (Å²) in [6.07, 6.45) is 3.59. The number of aryl methyl sites for hydroxylation is 1. The van der Waals surface area contributed by atoms with Gasteiger partial charge in [-0.1, -0.05) is 38.1 Å². The van der Waals surface area contributed by atoms with Crippen LogP contribution in [0.5, 0.6) is 0 Å². The normalized spacial score (nSPS) is 21.3. The highest BCUT2D eigenvalue weighted by Crippen LogP contribution is 2.31. The van der Waals surface area contributed by atoms with E-state index in [-0.39, 0.29) is 29.7 Å². The summed E-state index contributed by atoms with van der Waals surface area (Å²) in [4.78, 5) is 26.5. The van der Waals surface area contributed by atoms with E-state index in [1.807, 2.05) is 24.8 Å². The van der Waals surface area contributed by atoms with Crippen LogP contribution in [0.1, 0.15) is 50.3 Å². The second-order valence-electron chi connectivity index (χ2n) is 7.05. The molecule has 1 heterocycles. The molecule has 2 aliphatic rings. The number of piperidine rings is 1. The molecule has 0 aromatic heterocycles. The first-order valence-corrected chi connectivity index (χ1v) is 8.73. The Morgan fingerprint density at radius 2 is 1.83 bits per heavy atom. The zero-order chi connectivity index (χ0) is 16.4. The van der Waals surface area contributed by atoms with Gasteiger partial charge < -0.3 is 10.2 Å². The zero-order valence-corrected chi connectivity index (χ0v) is 14.0. The third-order valence-electron chi connectivity index (χ3n) is 5.12. The third-order valence-corrected chi connectivity index (χ3v) is 5.12. The number of hydrogen-bond donors (Lipinski definition) is 1. The molecule has 124 valence electrons. The van der Waals surface area contributed by atoms with Gasteiger partial charge in [0.1, 0.15) is 0 Å². The summed E-state index contributed by atoms with van der Waals surface area (Å²) in [5.41, 5.74) is 2.63. The van der Waals surface area contributed by atoms with Crippen LogP contribution in [0.2, 0.25) is 0 Å². The number of rotatable bonds is 3. The first kappa shape index (κ1) is 16.0. The van der Waals surface area contributed by atoms with Crippen molar-refractivity contribution in [1.29, 1.82) is 0 Å². The van der Waals surface area contributed by atoms with Crippen molar-refractivity contribution in [2.75, 3.05) is 13.1 Å². The molecule has 0 saturated carbocycles. The molecule has 0 spiro atoms. The average molecular weight is 314 g/mol. The molecule has 1 N–H and O–H groups in total. The van der Waals surface area contributed by atoms with E-state index in [1.165, 1.54) is 11.1 Å². The minimum Gasteiger partial charge on any atom is -0.349 e. The lowest BCUT2D eigenvalue weighted by atomic mass is 9.94. The fourth-order valence-electron chi connectivity index (χ4n) is 3.72. The first-order valence-electron chi connectivity index (χ1n) is 8.73. The summed E-state index contributed by atoms with van der Waals surface area (Å²) < 4.78 is 0. The highest BCUT2D eigenvalue weighted by atomic mass is 16.2. The second-order valence-corrected chi connectivity index (χ2v) is 7.05. The van der Waals surface area contributed by atoms with Crippen molar-refractivity contribution in [3.05, 3.63) is 35.4 Å². The van der Waals surface area contributed by atoms with Gasteiger partial charge in [0.25, 0.3) is 0 Å². The van der Waals surface area contributed by atoms with Gasteiger partial charge in [-0.15, -0.1) is 0 Å². The van der Waals surface area contributed by atoms with Gasteiger partial charge in [-0.05, 0) is 36.8 Å². The van der Waals surface area contributed by atoms with Crippen LogP contribution in [0.4, 0.5) is 0 Å². The Hall–Kier alpha value is -1.84. The summed E-state index contributed by atoms with van der Waals surface area (Å²) in [5.74, 6) is 0.436. The molecule has 1 aliphatic carbocycles. The Bertz CT molecular complexity index is 589. The van der Waals surface area contributed by atoms with Crippen LogP contribution in [-0.4, -0.2) is 29.8 Å². The molecule has 4 heteroatoms. The van der Waals surface area contributed by atoms with Crippen LogP contribution in [0.15, 0.2) is 24.3 Å². The van der Waals surface area contributed by atoms with Crippen molar-refractivity contribution >= 4 is 11.8 Å². The second kappa shape index (κ2) is 6.73. The number of fused-ring (bicyclic) bond motifs is 1. The topological polar surface area (TPSA) is 49.4 Å². The molecule has 23 heavy (non-hydrogen) atoms. The van der Waals surface area contributed by atoms with Crippen molar-refractivity contribution in [3.8, 4) is 0 Å². The molecule has 1 aromatic carbocycles. The van der Waals surface area contributed by atoms with Gasteiger partial charge in [-0.3, -0.25) is 9.59 Å². The zero-order valence-electron chi connectivity index (χ0n) is 14.0. The molecule has 1 atom stereocenters. The number of nitrogens with zero attached hydrogens (tertiary/aromatic N) is 1. The molecule has 1 aromatic rings. The van der Waals surface area contributed by atoms with Gasteiger partial charge in [0, 0.05) is 24.9 Å². The fraction of sp³-hybridized carbons (Fsp3) is 0.579. The van der Waals surface area contributed by atoms with Gasteiger partial charge in [0.15, 0.2) is 0 Å². The number of benzene rings is 1. The minimum absolute atomic E-state index is 0.0374. The van der Waals surface area contributed by atoms with E-state index in [4.69, 9.17) is 0 Å². The smallest absolute Gasteiger partial charge is 0.225 e. The summed E-state index contributed by atoms with van der Waals surface area (Å²) in [7, 11) is 0. The van der Waals surface area contributed by atoms with Crippen LogP contribution in [0, 0.1) is 11.8 Å². The predicted octanol–water partition coefficient (Wildman–Crippen LogP) is 2.68. The van der Waals surface area contributed by atoms with E-state index in [2.05, 4.69) is 23.5 Å². The molecule has 3 rings (SSSR count). The largest absolute Gasteiger partial charge is 0.349 e. The quantitative estimate of drug-likeness (QED) is 0.932. The van der Waals surface area contributed by atoms with Crippen LogP contribution >= 0.6 is 0 Å². The third kappa shape index (κ3) is 3.41. The van der Waals surface area contributed by atoms with Crippen molar-refractivity contribution in [3.63, 3.8) is 0 Å². The van der Waals surface area contributed by atoms with Crippen molar-refractivity contribution in [2.45, 2.75) is 45.6 Å². The summed E-state index contributed by atoms with van der Waals surface area (Å²) in [6.45, 7) is 5.27. The monoisotopic (exact) mass is 314 g/mol. The number of hydrogen-bond acceptors (Lipinski definition) is 2. The number of carbonyl (C=O) groups is 2. The summed E-state index contributed by atoms with van der Waals surface area (Å²) in [5, 5.41) is 3.23. The van der Waals surface area contributed by atoms with Gasteiger partial charge >= 0.3 is 0 Å². The predicted molar refractivity (Wildman–Crippen MR) is 89.8 cm³/mol. The lowest BCUT2D eigenvalue weighted by Crippen LogP contribution is -2.44. The minimum atomic E-state index is 0.0374. The van der Waals surface area contributed by atoms with Crippen LogP contribution < -0.4 is 5.32 Å². The fourth-order valence-corrected chi connectivity index (χ4v) is 3.72. The lowest BCUT2D eigenvalue weighted by molar-refractivity contribution is -0.138. The van der Waals surface area contributed by atoms with Crippen molar-refractivity contribution in [2.24, 2.45) is 11.8 Å². The van der Waals surface area contributed by atoms with Gasteiger partial charge in [0.05, 0.1) is 6.04 Å². The Kier molecular flexibility index (Phi) is 4.69. The van der Waals surface area contributed by atoms with Crippen LogP contribution in [0.3, 0.4) is 0 Å². The number of nitrogens with one attached hydrogen (secondary N) is 1. The van der Waals surface area contributed by atoms with E-state index < -0.39 is 0 Å². The maximum absolute atomic E-state index is 12.6. The molecule has 4 nitrogen and oxygen atoms in total. The Labute approximate surface area is 138 Å². The van der Waals surface area contributed by atoms with Gasteiger partial charge in [-0.2, -0.15) is 0 Å². The first-order chi connectivity index (χ1) is 11.1. The molecule has 1 fully saturated rings.